The number of nitrogens with zero attached hydrogens (tertiary/aromatic N) is 2. The molecule has 6 nitrogen and oxygen atoms in total. The molecule has 1 unspecified atom stereocenters. The number of hydrogen-bond acceptors (Lipinski definition) is 4. The summed E-state index contributed by atoms with van der Waals surface area (Å²) in [7, 11) is 0. The number of ether oxygens (including phenoxy) is 1. The molecule has 2 heterocycles. The maximum absolute atomic E-state index is 12.4. The Morgan fingerprint density at radius 2 is 2.09 bits per heavy atom. The maximum atomic E-state index is 12.4. The zero-order valence-corrected chi connectivity index (χ0v) is 12.7. The van der Waals surface area contributed by atoms with Gasteiger partial charge in [0.1, 0.15) is 6.61 Å². The molecule has 1 aromatic carbocycles. The fourth-order valence-corrected chi connectivity index (χ4v) is 2.46. The molecule has 23 heavy (non-hydrogen) atoms. The Morgan fingerprint density at radius 1 is 1.30 bits per heavy atom. The van der Waals surface area contributed by atoms with Crippen LogP contribution in [-0.2, 0) is 4.74 Å². The second kappa shape index (κ2) is 6.48. The van der Waals surface area contributed by atoms with Crippen molar-refractivity contribution in [3.8, 4) is 0 Å². The quantitative estimate of drug-likeness (QED) is 0.942. The Labute approximate surface area is 134 Å². The summed E-state index contributed by atoms with van der Waals surface area (Å²) < 4.78 is 4.92. The van der Waals surface area contributed by atoms with Gasteiger partial charge >= 0.3 is 6.09 Å². The van der Waals surface area contributed by atoms with E-state index in [0.717, 1.165) is 5.56 Å². The fourth-order valence-electron chi connectivity index (χ4n) is 2.46. The van der Waals surface area contributed by atoms with E-state index < -0.39 is 0 Å². The molecule has 3 rings (SSSR count). The van der Waals surface area contributed by atoms with Crippen molar-refractivity contribution in [2.24, 2.45) is 0 Å². The van der Waals surface area contributed by atoms with E-state index >= 15 is 0 Å². The topological polar surface area (TPSA) is 71.5 Å². The van der Waals surface area contributed by atoms with Crippen molar-refractivity contribution in [1.29, 1.82) is 0 Å². The van der Waals surface area contributed by atoms with Crippen molar-refractivity contribution < 1.29 is 14.3 Å². The lowest BCUT2D eigenvalue weighted by molar-refractivity contribution is 0.0939. The number of hydrogen-bond donors (Lipinski definition) is 1. The summed E-state index contributed by atoms with van der Waals surface area (Å²) >= 11 is 0. The third-order valence-corrected chi connectivity index (χ3v) is 3.73. The zero-order chi connectivity index (χ0) is 16.2. The molecule has 2 amide bonds. The van der Waals surface area contributed by atoms with E-state index in [-0.39, 0.29) is 18.0 Å². The molecule has 1 aromatic heterocycles. The molecule has 2 aromatic rings. The summed E-state index contributed by atoms with van der Waals surface area (Å²) in [5.74, 6) is -0.191. The predicted octanol–water partition coefficient (Wildman–Crippen LogP) is 2.53. The Balaban J connectivity index is 1.74. The van der Waals surface area contributed by atoms with Crippen molar-refractivity contribution >= 4 is 17.7 Å². The average Bonchev–Trinajstić information content (AvgIpc) is 3.02. The van der Waals surface area contributed by atoms with Crippen LogP contribution in [0.1, 0.15) is 28.9 Å². The van der Waals surface area contributed by atoms with Gasteiger partial charge in [-0.05, 0) is 42.8 Å². The van der Waals surface area contributed by atoms with E-state index in [0.29, 0.717) is 24.4 Å². The monoisotopic (exact) mass is 311 g/mol. The van der Waals surface area contributed by atoms with Crippen LogP contribution in [0.4, 0.5) is 10.5 Å². The zero-order valence-electron chi connectivity index (χ0n) is 12.7. The Kier molecular flexibility index (Phi) is 4.23. The lowest BCUT2D eigenvalue weighted by atomic mass is 10.1. The van der Waals surface area contributed by atoms with Gasteiger partial charge in [0.05, 0.1) is 12.6 Å². The summed E-state index contributed by atoms with van der Waals surface area (Å²) in [6, 6.07) is 10.6. The Morgan fingerprint density at radius 3 is 2.78 bits per heavy atom. The highest BCUT2D eigenvalue weighted by atomic mass is 16.6. The van der Waals surface area contributed by atoms with Crippen LogP contribution in [0.3, 0.4) is 0 Å². The highest BCUT2D eigenvalue weighted by Crippen LogP contribution is 2.20. The second-order valence-electron chi connectivity index (χ2n) is 5.29. The van der Waals surface area contributed by atoms with Crippen LogP contribution < -0.4 is 10.2 Å². The number of rotatable bonds is 4. The van der Waals surface area contributed by atoms with Gasteiger partial charge in [-0.15, -0.1) is 0 Å². The van der Waals surface area contributed by atoms with Gasteiger partial charge < -0.3 is 10.1 Å². The maximum Gasteiger partial charge on any atom is 0.414 e. The largest absolute Gasteiger partial charge is 0.447 e. The van der Waals surface area contributed by atoms with Crippen LogP contribution in [-0.4, -0.2) is 30.1 Å². The second-order valence-corrected chi connectivity index (χ2v) is 5.29. The van der Waals surface area contributed by atoms with Crippen molar-refractivity contribution in [2.75, 3.05) is 18.1 Å². The van der Waals surface area contributed by atoms with E-state index in [1.165, 1.54) is 4.90 Å². The number of cyclic esters (lactones) is 1. The highest BCUT2D eigenvalue weighted by Gasteiger charge is 2.24. The minimum atomic E-state index is -0.382. The molecule has 6 heteroatoms. The molecule has 0 radical (unpaired) electrons. The number of aromatic nitrogens is 1. The number of pyridine rings is 1. The van der Waals surface area contributed by atoms with Crippen molar-refractivity contribution in [2.45, 2.75) is 13.0 Å². The number of amides is 2. The average molecular weight is 311 g/mol. The standard InChI is InChI=1S/C17H17N3O3/c1-12(13-5-7-18-8-6-13)19-16(21)14-3-2-4-15(11-14)20-9-10-23-17(20)22/h2-8,11-12H,9-10H2,1H3,(H,19,21). The molecule has 1 atom stereocenters. The number of nitrogens with one attached hydrogen (secondary N) is 1. The predicted molar refractivity (Wildman–Crippen MR) is 85.3 cm³/mol. The SMILES string of the molecule is CC(NC(=O)c1cccc(N2CCOC2=O)c1)c1ccncc1. The van der Waals surface area contributed by atoms with Gasteiger partial charge in [-0.1, -0.05) is 6.07 Å². The summed E-state index contributed by atoms with van der Waals surface area (Å²) in [5.41, 5.74) is 2.15. The van der Waals surface area contributed by atoms with E-state index in [9.17, 15) is 9.59 Å². The summed E-state index contributed by atoms with van der Waals surface area (Å²) in [6.45, 7) is 2.78. The molecule has 1 fully saturated rings. The summed E-state index contributed by atoms with van der Waals surface area (Å²) in [5, 5.41) is 2.94. The van der Waals surface area contributed by atoms with Gasteiger partial charge in [0.2, 0.25) is 0 Å². The van der Waals surface area contributed by atoms with Gasteiger partial charge in [0.25, 0.3) is 5.91 Å². The lowest BCUT2D eigenvalue weighted by Crippen LogP contribution is -2.27. The lowest BCUT2D eigenvalue weighted by Gasteiger charge is -2.16. The number of carbonyl (C=O) groups excluding carboxylic acids is 2. The number of benzene rings is 1. The molecule has 0 bridgehead atoms. The molecule has 0 spiro atoms. The first-order valence-electron chi connectivity index (χ1n) is 7.40. The summed E-state index contributed by atoms with van der Waals surface area (Å²) in [4.78, 5) is 29.5. The molecule has 0 saturated carbocycles. The first kappa shape index (κ1) is 15.0. The normalized spacial score (nSPS) is 15.2. The molecule has 118 valence electrons. The highest BCUT2D eigenvalue weighted by molar-refractivity contribution is 5.97. The number of anilines is 1. The summed E-state index contributed by atoms with van der Waals surface area (Å²) in [6.07, 6.45) is 3.00. The van der Waals surface area contributed by atoms with E-state index in [4.69, 9.17) is 4.74 Å². The smallest absolute Gasteiger partial charge is 0.414 e. The van der Waals surface area contributed by atoms with Crippen LogP contribution in [0.5, 0.6) is 0 Å². The number of carbonyl (C=O) groups is 2. The van der Waals surface area contributed by atoms with E-state index in [1.807, 2.05) is 19.1 Å². The van der Waals surface area contributed by atoms with Crippen LogP contribution in [0.2, 0.25) is 0 Å². The fraction of sp³-hybridized carbons (Fsp3) is 0.235. The molecular formula is C17H17N3O3. The van der Waals surface area contributed by atoms with Crippen molar-refractivity contribution in [1.82, 2.24) is 10.3 Å². The third-order valence-electron chi connectivity index (χ3n) is 3.73. The van der Waals surface area contributed by atoms with Gasteiger partial charge in [-0.2, -0.15) is 0 Å². The Bertz CT molecular complexity index is 718. The van der Waals surface area contributed by atoms with Crippen LogP contribution >= 0.6 is 0 Å². The first-order chi connectivity index (χ1) is 11.1. The molecule has 1 aliphatic rings. The van der Waals surface area contributed by atoms with E-state index in [2.05, 4.69) is 10.3 Å². The van der Waals surface area contributed by atoms with Crippen LogP contribution in [0.25, 0.3) is 0 Å². The van der Waals surface area contributed by atoms with Crippen LogP contribution in [0.15, 0.2) is 48.8 Å². The van der Waals surface area contributed by atoms with Crippen molar-refractivity contribution in [3.05, 3.63) is 59.9 Å². The molecule has 1 aliphatic heterocycles. The Hall–Kier alpha value is -2.89. The minimum Gasteiger partial charge on any atom is -0.447 e. The molecule has 0 aliphatic carbocycles. The molecule has 1 N–H and O–H groups in total. The first-order valence-corrected chi connectivity index (χ1v) is 7.40. The van der Waals surface area contributed by atoms with Gasteiger partial charge in [0.15, 0.2) is 0 Å². The van der Waals surface area contributed by atoms with Gasteiger partial charge in [-0.25, -0.2) is 4.79 Å². The third kappa shape index (κ3) is 3.31. The van der Waals surface area contributed by atoms with E-state index in [1.54, 1.807) is 36.7 Å². The van der Waals surface area contributed by atoms with Crippen molar-refractivity contribution in [3.63, 3.8) is 0 Å². The van der Waals surface area contributed by atoms with Gasteiger partial charge in [0, 0.05) is 23.6 Å². The molecular weight excluding hydrogens is 294 g/mol. The van der Waals surface area contributed by atoms with Crippen LogP contribution in [0, 0.1) is 0 Å². The minimum absolute atomic E-state index is 0.133. The molecule has 1 saturated heterocycles. The van der Waals surface area contributed by atoms with Gasteiger partial charge in [-0.3, -0.25) is 14.7 Å².